The van der Waals surface area contributed by atoms with Gasteiger partial charge in [0.2, 0.25) is 0 Å². The molecular weight excluding hydrogens is 316 g/mol. The Morgan fingerprint density at radius 2 is 2.18 bits per heavy atom. The second-order valence-electron chi connectivity index (χ2n) is 5.68. The number of fused-ring (bicyclic) bond motifs is 1. The molecule has 0 unspecified atom stereocenters. The maximum atomic E-state index is 12.4. The number of halogens is 1. The number of carbonyl (C=O) groups excluding carboxylic acids is 1. The highest BCUT2D eigenvalue weighted by Crippen LogP contribution is 2.25. The quantitative estimate of drug-likeness (QED) is 0.758. The minimum atomic E-state index is 0.0233. The van der Waals surface area contributed by atoms with Crippen LogP contribution in [-0.2, 0) is 11.3 Å². The summed E-state index contributed by atoms with van der Waals surface area (Å²) in [5.41, 5.74) is 1.05. The molecule has 22 heavy (non-hydrogen) atoms. The van der Waals surface area contributed by atoms with Crippen molar-refractivity contribution in [2.24, 2.45) is 10.9 Å². The van der Waals surface area contributed by atoms with E-state index in [1.807, 2.05) is 28.8 Å². The lowest BCUT2D eigenvalue weighted by Gasteiger charge is -2.17. The summed E-state index contributed by atoms with van der Waals surface area (Å²) in [6.45, 7) is 4.44. The van der Waals surface area contributed by atoms with Gasteiger partial charge in [0.05, 0.1) is 10.2 Å². The molecule has 3 nitrogen and oxygen atoms in total. The van der Waals surface area contributed by atoms with Crippen molar-refractivity contribution in [1.82, 2.24) is 4.57 Å². The molecule has 1 aromatic carbocycles. The average molecular weight is 335 g/mol. The highest BCUT2D eigenvalue weighted by Gasteiger charge is 2.21. The first-order chi connectivity index (χ1) is 10.7. The molecule has 1 heterocycles. The van der Waals surface area contributed by atoms with Crippen LogP contribution >= 0.6 is 22.9 Å². The monoisotopic (exact) mass is 334 g/mol. The largest absolute Gasteiger partial charge is 0.313 e. The van der Waals surface area contributed by atoms with Crippen LogP contribution in [0.3, 0.4) is 0 Å². The number of thiazole rings is 1. The van der Waals surface area contributed by atoms with E-state index in [1.54, 1.807) is 0 Å². The summed E-state index contributed by atoms with van der Waals surface area (Å²) in [5.74, 6) is 0.120. The molecule has 2 aromatic rings. The predicted octanol–water partition coefficient (Wildman–Crippen LogP) is 4.55. The fraction of sp³-hybridized carbons (Fsp3) is 0.412. The molecule has 1 amide bonds. The molecular formula is C17H19ClN2OS. The first-order valence-corrected chi connectivity index (χ1v) is 8.87. The second kappa shape index (κ2) is 6.80. The number of aromatic nitrogens is 1. The minimum Gasteiger partial charge on any atom is -0.313 e. The van der Waals surface area contributed by atoms with E-state index >= 15 is 0 Å². The van der Waals surface area contributed by atoms with E-state index in [9.17, 15) is 4.79 Å². The summed E-state index contributed by atoms with van der Waals surface area (Å²) in [6, 6.07) is 5.76. The van der Waals surface area contributed by atoms with Gasteiger partial charge in [0.25, 0.3) is 5.91 Å². The summed E-state index contributed by atoms with van der Waals surface area (Å²) < 4.78 is 3.08. The Labute approximate surface area is 138 Å². The van der Waals surface area contributed by atoms with Crippen molar-refractivity contribution in [3.8, 4) is 0 Å². The second-order valence-corrected chi connectivity index (χ2v) is 7.13. The lowest BCUT2D eigenvalue weighted by Crippen LogP contribution is -2.21. The third kappa shape index (κ3) is 3.18. The number of rotatable bonds is 3. The van der Waals surface area contributed by atoms with Crippen molar-refractivity contribution in [2.45, 2.75) is 38.6 Å². The van der Waals surface area contributed by atoms with Crippen LogP contribution in [0.4, 0.5) is 0 Å². The molecule has 0 saturated heterocycles. The van der Waals surface area contributed by atoms with Gasteiger partial charge in [-0.3, -0.25) is 4.79 Å². The maximum absolute atomic E-state index is 12.4. The lowest BCUT2D eigenvalue weighted by molar-refractivity contribution is -0.122. The van der Waals surface area contributed by atoms with Crippen LogP contribution in [0, 0.1) is 5.92 Å². The summed E-state index contributed by atoms with van der Waals surface area (Å²) >= 11 is 7.58. The molecule has 1 saturated carbocycles. The van der Waals surface area contributed by atoms with Gasteiger partial charge < -0.3 is 4.57 Å². The molecule has 3 rings (SSSR count). The van der Waals surface area contributed by atoms with E-state index in [1.165, 1.54) is 17.8 Å². The van der Waals surface area contributed by atoms with Crippen molar-refractivity contribution in [2.75, 3.05) is 0 Å². The molecule has 1 aromatic heterocycles. The molecule has 0 bridgehead atoms. The summed E-state index contributed by atoms with van der Waals surface area (Å²) in [5, 5.41) is 0.699. The minimum absolute atomic E-state index is 0.0233. The van der Waals surface area contributed by atoms with Crippen molar-refractivity contribution < 1.29 is 4.79 Å². The van der Waals surface area contributed by atoms with Crippen molar-refractivity contribution in [3.05, 3.63) is 40.7 Å². The van der Waals surface area contributed by atoms with E-state index in [0.29, 0.717) is 11.6 Å². The van der Waals surface area contributed by atoms with E-state index in [2.05, 4.69) is 11.6 Å². The van der Waals surface area contributed by atoms with Crippen LogP contribution in [0.5, 0.6) is 0 Å². The van der Waals surface area contributed by atoms with Gasteiger partial charge in [-0.1, -0.05) is 48.3 Å². The van der Waals surface area contributed by atoms with Gasteiger partial charge >= 0.3 is 0 Å². The molecule has 1 aliphatic rings. The first-order valence-electron chi connectivity index (χ1n) is 7.67. The average Bonchev–Trinajstić information content (AvgIpc) is 2.85. The zero-order chi connectivity index (χ0) is 15.5. The summed E-state index contributed by atoms with van der Waals surface area (Å²) in [7, 11) is 0. The Hall–Kier alpha value is -1.39. The maximum Gasteiger partial charge on any atom is 0.251 e. The molecule has 0 radical (unpaired) electrons. The number of hydrogen-bond donors (Lipinski definition) is 0. The number of amides is 1. The fourth-order valence-corrected chi connectivity index (χ4v) is 4.29. The van der Waals surface area contributed by atoms with E-state index in [4.69, 9.17) is 11.6 Å². The third-order valence-electron chi connectivity index (χ3n) is 4.12. The first kappa shape index (κ1) is 15.5. The van der Waals surface area contributed by atoms with Crippen molar-refractivity contribution >= 4 is 39.1 Å². The number of benzene rings is 1. The van der Waals surface area contributed by atoms with Gasteiger partial charge in [0.1, 0.15) is 0 Å². The zero-order valence-electron chi connectivity index (χ0n) is 12.4. The van der Waals surface area contributed by atoms with Gasteiger partial charge in [-0.05, 0) is 31.0 Å². The highest BCUT2D eigenvalue weighted by atomic mass is 35.5. The van der Waals surface area contributed by atoms with Crippen LogP contribution in [0.1, 0.15) is 32.1 Å². The number of hydrogen-bond acceptors (Lipinski definition) is 2. The number of carbonyl (C=O) groups is 1. The van der Waals surface area contributed by atoms with Crippen LogP contribution in [-0.4, -0.2) is 10.5 Å². The number of allylic oxidation sites excluding steroid dienone is 1. The topological polar surface area (TPSA) is 34.4 Å². The Kier molecular flexibility index (Phi) is 4.79. The van der Waals surface area contributed by atoms with Gasteiger partial charge in [-0.15, -0.1) is 6.58 Å². The number of nitrogens with zero attached hydrogens (tertiary/aromatic N) is 2. The summed E-state index contributed by atoms with van der Waals surface area (Å²) in [4.78, 5) is 17.6. The van der Waals surface area contributed by atoms with E-state index < -0.39 is 0 Å². The van der Waals surface area contributed by atoms with Gasteiger partial charge in [0, 0.05) is 17.5 Å². The van der Waals surface area contributed by atoms with Crippen molar-refractivity contribution in [3.63, 3.8) is 0 Å². The lowest BCUT2D eigenvalue weighted by atomic mass is 9.89. The van der Waals surface area contributed by atoms with Crippen LogP contribution < -0.4 is 4.80 Å². The normalized spacial score (nSPS) is 17.0. The van der Waals surface area contributed by atoms with Crippen LogP contribution in [0.15, 0.2) is 35.8 Å². The Bertz CT molecular complexity index is 769. The predicted molar refractivity (Wildman–Crippen MR) is 92.2 cm³/mol. The molecule has 0 N–H and O–H groups in total. The van der Waals surface area contributed by atoms with E-state index in [-0.39, 0.29) is 11.8 Å². The van der Waals surface area contributed by atoms with E-state index in [0.717, 1.165) is 40.7 Å². The molecule has 0 spiro atoms. The molecule has 0 aliphatic heterocycles. The SMILES string of the molecule is C=CCn1c(=NC(=O)C2CCCCC2)sc2cc(Cl)ccc21. The van der Waals surface area contributed by atoms with Crippen molar-refractivity contribution in [1.29, 1.82) is 0 Å². The van der Waals surface area contributed by atoms with Crippen LogP contribution in [0.2, 0.25) is 5.02 Å². The Balaban J connectivity index is 2.04. The molecule has 0 atom stereocenters. The zero-order valence-corrected chi connectivity index (χ0v) is 14.0. The third-order valence-corrected chi connectivity index (χ3v) is 5.39. The molecule has 116 valence electrons. The van der Waals surface area contributed by atoms with Gasteiger partial charge in [-0.2, -0.15) is 4.99 Å². The smallest absolute Gasteiger partial charge is 0.251 e. The van der Waals surface area contributed by atoms with Crippen LogP contribution in [0.25, 0.3) is 10.2 Å². The highest BCUT2D eigenvalue weighted by molar-refractivity contribution is 7.16. The standard InChI is InChI=1S/C17H19ClN2OS/c1-2-10-20-14-9-8-13(18)11-15(14)22-17(20)19-16(21)12-6-4-3-5-7-12/h2,8-9,11-12H,1,3-7,10H2. The molecule has 5 heteroatoms. The Morgan fingerprint density at radius 3 is 2.91 bits per heavy atom. The molecule has 1 fully saturated rings. The Morgan fingerprint density at radius 1 is 1.41 bits per heavy atom. The fourth-order valence-electron chi connectivity index (χ4n) is 2.97. The van der Waals surface area contributed by atoms with Gasteiger partial charge in [-0.25, -0.2) is 0 Å². The summed E-state index contributed by atoms with van der Waals surface area (Å²) in [6.07, 6.45) is 7.29. The van der Waals surface area contributed by atoms with Gasteiger partial charge in [0.15, 0.2) is 4.80 Å². The molecule has 1 aliphatic carbocycles.